The second-order valence-corrected chi connectivity index (χ2v) is 4.58. The van der Waals surface area contributed by atoms with Gasteiger partial charge in [-0.25, -0.2) is 0 Å². The highest BCUT2D eigenvalue weighted by molar-refractivity contribution is 6.30. The highest BCUT2D eigenvalue weighted by atomic mass is 35.5. The van der Waals surface area contributed by atoms with Crippen molar-refractivity contribution < 1.29 is 14.3 Å². The minimum Gasteiger partial charge on any atom is -0.466 e. The van der Waals surface area contributed by atoms with E-state index in [4.69, 9.17) is 16.3 Å². The summed E-state index contributed by atoms with van der Waals surface area (Å²) in [5, 5.41) is -0.660. The number of alkyl halides is 1. The molecule has 0 N–H and O–H groups in total. The minimum absolute atomic E-state index is 0.104. The quantitative estimate of drug-likeness (QED) is 0.609. The third kappa shape index (κ3) is 3.84. The molecule has 0 aliphatic rings. The zero-order valence-corrected chi connectivity index (χ0v) is 11.6. The van der Waals surface area contributed by atoms with E-state index in [1.807, 2.05) is 19.1 Å². The second kappa shape index (κ2) is 6.55. The fraction of sp³-hybridized carbons (Fsp3) is 0.429. The molecule has 0 aromatic heterocycles. The predicted octanol–water partition coefficient (Wildman–Crippen LogP) is 2.97. The number of hydrogen-bond donors (Lipinski definition) is 0. The van der Waals surface area contributed by atoms with Crippen molar-refractivity contribution in [3.8, 4) is 0 Å². The standard InChI is InChI=1S/C14H17ClO3/c1-4-18-13(17)8-11-6-5-9(2)12(7-11)14(15)10(3)16/h5-7,14H,4,8H2,1-3H3. The molecule has 0 aliphatic carbocycles. The van der Waals surface area contributed by atoms with Crippen molar-refractivity contribution in [2.24, 2.45) is 0 Å². The van der Waals surface area contributed by atoms with Crippen LogP contribution in [0.25, 0.3) is 0 Å². The second-order valence-electron chi connectivity index (χ2n) is 4.15. The smallest absolute Gasteiger partial charge is 0.310 e. The lowest BCUT2D eigenvalue weighted by Crippen LogP contribution is -2.09. The van der Waals surface area contributed by atoms with Gasteiger partial charge in [0.25, 0.3) is 0 Å². The predicted molar refractivity (Wildman–Crippen MR) is 70.8 cm³/mol. The van der Waals surface area contributed by atoms with Crippen molar-refractivity contribution in [3.63, 3.8) is 0 Å². The third-order valence-corrected chi connectivity index (χ3v) is 3.17. The van der Waals surface area contributed by atoms with Gasteiger partial charge in [-0.3, -0.25) is 9.59 Å². The summed E-state index contributed by atoms with van der Waals surface area (Å²) in [4.78, 5) is 22.7. The first-order valence-corrected chi connectivity index (χ1v) is 6.29. The molecule has 0 bridgehead atoms. The molecule has 18 heavy (non-hydrogen) atoms. The van der Waals surface area contributed by atoms with Crippen LogP contribution in [0.2, 0.25) is 0 Å². The van der Waals surface area contributed by atoms with Gasteiger partial charge in [-0.15, -0.1) is 11.6 Å². The molecule has 1 atom stereocenters. The lowest BCUT2D eigenvalue weighted by atomic mass is 9.99. The molecule has 0 saturated heterocycles. The van der Waals surface area contributed by atoms with Crippen molar-refractivity contribution in [1.82, 2.24) is 0 Å². The molecular weight excluding hydrogens is 252 g/mol. The maximum atomic E-state index is 11.4. The largest absolute Gasteiger partial charge is 0.466 e. The van der Waals surface area contributed by atoms with E-state index in [-0.39, 0.29) is 18.2 Å². The Bertz CT molecular complexity index is 454. The first-order chi connectivity index (χ1) is 8.45. The Morgan fingerprint density at radius 2 is 2.06 bits per heavy atom. The van der Waals surface area contributed by atoms with Crippen LogP contribution in [0.15, 0.2) is 18.2 Å². The van der Waals surface area contributed by atoms with Crippen LogP contribution in [0, 0.1) is 6.92 Å². The highest BCUT2D eigenvalue weighted by Crippen LogP contribution is 2.26. The van der Waals surface area contributed by atoms with Crippen molar-refractivity contribution in [2.45, 2.75) is 32.6 Å². The van der Waals surface area contributed by atoms with Gasteiger partial charge < -0.3 is 4.74 Å². The summed E-state index contributed by atoms with van der Waals surface area (Å²) < 4.78 is 4.88. The van der Waals surface area contributed by atoms with E-state index in [9.17, 15) is 9.59 Å². The average Bonchev–Trinajstić information content (AvgIpc) is 2.31. The third-order valence-electron chi connectivity index (χ3n) is 2.63. The molecule has 0 radical (unpaired) electrons. The number of Topliss-reactive ketones (excluding diaryl/α,β-unsaturated/α-hetero) is 1. The Balaban J connectivity index is 2.93. The molecule has 1 aromatic rings. The number of hydrogen-bond acceptors (Lipinski definition) is 3. The van der Waals surface area contributed by atoms with Gasteiger partial charge >= 0.3 is 5.97 Å². The van der Waals surface area contributed by atoms with Crippen LogP contribution in [0.4, 0.5) is 0 Å². The van der Waals surface area contributed by atoms with E-state index < -0.39 is 5.38 Å². The molecule has 4 heteroatoms. The number of carbonyl (C=O) groups excluding carboxylic acids is 2. The van der Waals surface area contributed by atoms with Gasteiger partial charge in [-0.2, -0.15) is 0 Å². The van der Waals surface area contributed by atoms with E-state index >= 15 is 0 Å². The summed E-state index contributed by atoms with van der Waals surface area (Å²) in [5.41, 5.74) is 2.50. The monoisotopic (exact) mass is 268 g/mol. The maximum Gasteiger partial charge on any atom is 0.310 e. The van der Waals surface area contributed by atoms with Gasteiger partial charge in [0.2, 0.25) is 0 Å². The average molecular weight is 269 g/mol. The number of ether oxygens (including phenoxy) is 1. The number of esters is 1. The fourth-order valence-corrected chi connectivity index (χ4v) is 1.91. The van der Waals surface area contributed by atoms with Crippen LogP contribution in [0.5, 0.6) is 0 Å². The fourth-order valence-electron chi connectivity index (χ4n) is 1.67. The van der Waals surface area contributed by atoms with Crippen LogP contribution < -0.4 is 0 Å². The highest BCUT2D eigenvalue weighted by Gasteiger charge is 2.16. The van der Waals surface area contributed by atoms with Gasteiger partial charge in [0.05, 0.1) is 13.0 Å². The summed E-state index contributed by atoms with van der Waals surface area (Å²) >= 11 is 6.05. The van der Waals surface area contributed by atoms with Crippen LogP contribution >= 0.6 is 11.6 Å². The Labute approximate surface area is 112 Å². The normalized spacial score (nSPS) is 12.0. The van der Waals surface area contributed by atoms with Gasteiger partial charge in [0, 0.05) is 0 Å². The molecule has 0 heterocycles. The molecule has 0 saturated carbocycles. The van der Waals surface area contributed by atoms with Crippen LogP contribution in [0.1, 0.15) is 35.9 Å². The number of rotatable bonds is 5. The summed E-state index contributed by atoms with van der Waals surface area (Å²) in [6, 6.07) is 5.51. The molecule has 3 nitrogen and oxygen atoms in total. The number of ketones is 1. The molecule has 1 rings (SSSR count). The topological polar surface area (TPSA) is 43.4 Å². The lowest BCUT2D eigenvalue weighted by Gasteiger charge is -2.12. The summed E-state index contributed by atoms with van der Waals surface area (Å²) in [6.45, 7) is 5.48. The van der Waals surface area contributed by atoms with Gasteiger partial charge in [0.1, 0.15) is 5.38 Å². The molecular formula is C14H17ClO3. The van der Waals surface area contributed by atoms with E-state index in [1.165, 1.54) is 6.92 Å². The zero-order valence-electron chi connectivity index (χ0n) is 10.8. The van der Waals surface area contributed by atoms with Crippen molar-refractivity contribution >= 4 is 23.4 Å². The lowest BCUT2D eigenvalue weighted by molar-refractivity contribution is -0.142. The maximum absolute atomic E-state index is 11.4. The molecule has 1 aromatic carbocycles. The van der Waals surface area contributed by atoms with Crippen molar-refractivity contribution in [2.75, 3.05) is 6.61 Å². The molecule has 0 spiro atoms. The molecule has 0 amide bonds. The van der Waals surface area contributed by atoms with Gasteiger partial charge in [-0.1, -0.05) is 18.2 Å². The number of benzene rings is 1. The summed E-state index contributed by atoms with van der Waals surface area (Å²) in [6.07, 6.45) is 0.197. The summed E-state index contributed by atoms with van der Waals surface area (Å²) in [5.74, 6) is -0.380. The Hall–Kier alpha value is -1.35. The van der Waals surface area contributed by atoms with E-state index in [0.717, 1.165) is 16.7 Å². The Morgan fingerprint density at radius 3 is 2.61 bits per heavy atom. The minimum atomic E-state index is -0.660. The van der Waals surface area contributed by atoms with Crippen LogP contribution in [-0.4, -0.2) is 18.4 Å². The Morgan fingerprint density at radius 1 is 1.39 bits per heavy atom. The number of halogens is 1. The molecule has 0 fully saturated rings. The van der Waals surface area contributed by atoms with E-state index in [2.05, 4.69) is 0 Å². The van der Waals surface area contributed by atoms with Gasteiger partial charge in [-0.05, 0) is 37.5 Å². The number of aryl methyl sites for hydroxylation is 1. The van der Waals surface area contributed by atoms with E-state index in [1.54, 1.807) is 13.0 Å². The first-order valence-electron chi connectivity index (χ1n) is 5.85. The van der Waals surface area contributed by atoms with Crippen LogP contribution in [-0.2, 0) is 20.7 Å². The molecule has 1 unspecified atom stereocenters. The van der Waals surface area contributed by atoms with Crippen LogP contribution in [0.3, 0.4) is 0 Å². The summed E-state index contributed by atoms with van der Waals surface area (Å²) in [7, 11) is 0. The van der Waals surface area contributed by atoms with Crippen molar-refractivity contribution in [3.05, 3.63) is 34.9 Å². The van der Waals surface area contributed by atoms with Crippen molar-refractivity contribution in [1.29, 1.82) is 0 Å². The zero-order chi connectivity index (χ0) is 13.7. The molecule has 0 aliphatic heterocycles. The molecule has 98 valence electrons. The first kappa shape index (κ1) is 14.7. The van der Waals surface area contributed by atoms with E-state index in [0.29, 0.717) is 6.61 Å². The number of carbonyl (C=O) groups is 2. The SMILES string of the molecule is CCOC(=O)Cc1ccc(C)c(C(Cl)C(C)=O)c1. The van der Waals surface area contributed by atoms with Gasteiger partial charge in [0.15, 0.2) is 5.78 Å². The Kier molecular flexibility index (Phi) is 5.35.